The van der Waals surface area contributed by atoms with Crippen LogP contribution in [-0.2, 0) is 18.3 Å². The fraction of sp³-hybridized carbons (Fsp3) is 0.353. The molecule has 0 bridgehead atoms. The molecule has 134 valence electrons. The van der Waals surface area contributed by atoms with Gasteiger partial charge in [0.15, 0.2) is 5.65 Å². The smallest absolute Gasteiger partial charge is 0.339 e. The molecule has 0 spiro atoms. The Labute approximate surface area is 158 Å². The zero-order chi connectivity index (χ0) is 18.3. The van der Waals surface area contributed by atoms with Gasteiger partial charge in [-0.15, -0.1) is 0 Å². The highest BCUT2D eigenvalue weighted by molar-refractivity contribution is 9.10. The van der Waals surface area contributed by atoms with E-state index in [2.05, 4.69) is 41.3 Å². The van der Waals surface area contributed by atoms with Gasteiger partial charge < -0.3 is 10.1 Å². The number of halogens is 1. The summed E-state index contributed by atoms with van der Waals surface area (Å²) in [5.41, 5.74) is 2.96. The van der Waals surface area contributed by atoms with E-state index in [1.807, 2.05) is 13.1 Å². The van der Waals surface area contributed by atoms with Crippen LogP contribution in [0.25, 0.3) is 11.0 Å². The number of carbonyl (C=O) groups is 1. The quantitative estimate of drug-likeness (QED) is 0.638. The maximum absolute atomic E-state index is 11.9. The van der Waals surface area contributed by atoms with Crippen LogP contribution in [0.4, 0.5) is 5.82 Å². The Morgan fingerprint density at radius 3 is 2.92 bits per heavy atom. The summed E-state index contributed by atoms with van der Waals surface area (Å²) in [7, 11) is 3.22. The number of nitrogens with zero attached hydrogens (tertiary/aromatic N) is 5. The molecule has 8 nitrogen and oxygen atoms in total. The van der Waals surface area contributed by atoms with Crippen LogP contribution in [0.15, 0.2) is 23.1 Å². The minimum absolute atomic E-state index is 0.337. The van der Waals surface area contributed by atoms with E-state index in [1.54, 1.807) is 10.7 Å². The first-order valence-corrected chi connectivity index (χ1v) is 9.03. The van der Waals surface area contributed by atoms with E-state index >= 15 is 0 Å². The Bertz CT molecular complexity index is 998. The summed E-state index contributed by atoms with van der Waals surface area (Å²) in [6, 6.07) is 3.63. The number of methoxy groups -OCH3 is 1. The average Bonchev–Trinajstić information content (AvgIpc) is 3.46. The summed E-state index contributed by atoms with van der Waals surface area (Å²) in [5.74, 6) is 0.694. The minimum atomic E-state index is -0.337. The van der Waals surface area contributed by atoms with Gasteiger partial charge in [-0.25, -0.2) is 19.4 Å². The lowest BCUT2D eigenvalue weighted by atomic mass is 10.1. The lowest BCUT2D eigenvalue weighted by Crippen LogP contribution is -2.10. The van der Waals surface area contributed by atoms with E-state index in [4.69, 9.17) is 4.74 Å². The summed E-state index contributed by atoms with van der Waals surface area (Å²) in [6.45, 7) is 0.481. The number of hydrogen-bond donors (Lipinski definition) is 1. The van der Waals surface area contributed by atoms with Gasteiger partial charge in [0.25, 0.3) is 0 Å². The Kier molecular flexibility index (Phi) is 4.31. The van der Waals surface area contributed by atoms with Gasteiger partial charge >= 0.3 is 5.97 Å². The first-order chi connectivity index (χ1) is 12.6. The van der Waals surface area contributed by atoms with E-state index in [0.29, 0.717) is 28.4 Å². The first kappa shape index (κ1) is 16.9. The molecule has 3 aromatic heterocycles. The Morgan fingerprint density at radius 1 is 1.38 bits per heavy atom. The third kappa shape index (κ3) is 3.03. The number of nitrogens with one attached hydrogen (secondary N) is 1. The number of esters is 1. The van der Waals surface area contributed by atoms with Crippen molar-refractivity contribution in [2.75, 3.05) is 12.4 Å². The normalized spacial score (nSPS) is 13.8. The number of fused-ring (bicyclic) bond motifs is 1. The summed E-state index contributed by atoms with van der Waals surface area (Å²) in [5, 5.41) is 8.43. The first-order valence-electron chi connectivity index (χ1n) is 8.23. The van der Waals surface area contributed by atoms with Crippen LogP contribution in [0, 0.1) is 0 Å². The van der Waals surface area contributed by atoms with Gasteiger partial charge in [0.1, 0.15) is 16.7 Å². The molecule has 9 heteroatoms. The number of ether oxygens (including phenoxy) is 1. The molecule has 3 aromatic rings. The van der Waals surface area contributed by atoms with Crippen molar-refractivity contribution in [2.45, 2.75) is 25.3 Å². The standard InChI is InChI=1S/C17H17BrN6O2/c1-24-16-12(14(18)23-24)15(20-8-21-16)19-7-10-5-6-11(17(25)26-2)13(22-10)9-3-4-9/h5-6,8-9H,3-4,7H2,1-2H3,(H,19,20,21). The van der Waals surface area contributed by atoms with Gasteiger partial charge in [-0.2, -0.15) is 5.10 Å². The molecule has 4 rings (SSSR count). The molecule has 0 saturated heterocycles. The second-order valence-corrected chi connectivity index (χ2v) is 6.94. The number of hydrogen-bond acceptors (Lipinski definition) is 7. The zero-order valence-electron chi connectivity index (χ0n) is 14.4. The average molecular weight is 417 g/mol. The van der Waals surface area contributed by atoms with Gasteiger partial charge in [0, 0.05) is 13.0 Å². The molecule has 1 fully saturated rings. The summed E-state index contributed by atoms with van der Waals surface area (Å²) >= 11 is 3.45. The van der Waals surface area contributed by atoms with E-state index < -0.39 is 0 Å². The molecular formula is C17H17BrN6O2. The van der Waals surface area contributed by atoms with E-state index in [0.717, 1.165) is 35.3 Å². The topological polar surface area (TPSA) is 94.8 Å². The van der Waals surface area contributed by atoms with Crippen molar-refractivity contribution in [3.05, 3.63) is 40.0 Å². The monoisotopic (exact) mass is 416 g/mol. The Balaban J connectivity index is 1.61. The van der Waals surface area contributed by atoms with Gasteiger partial charge in [0.2, 0.25) is 0 Å². The number of rotatable bonds is 5. The van der Waals surface area contributed by atoms with Crippen molar-refractivity contribution in [1.82, 2.24) is 24.7 Å². The van der Waals surface area contributed by atoms with Crippen molar-refractivity contribution in [2.24, 2.45) is 7.05 Å². The molecule has 1 saturated carbocycles. The third-order valence-electron chi connectivity index (χ3n) is 4.37. The largest absolute Gasteiger partial charge is 0.465 e. The summed E-state index contributed by atoms with van der Waals surface area (Å²) in [6.07, 6.45) is 3.62. The minimum Gasteiger partial charge on any atom is -0.465 e. The highest BCUT2D eigenvalue weighted by Gasteiger charge is 2.30. The number of pyridine rings is 1. The maximum Gasteiger partial charge on any atom is 0.339 e. The Morgan fingerprint density at radius 2 is 2.19 bits per heavy atom. The highest BCUT2D eigenvalue weighted by atomic mass is 79.9. The van der Waals surface area contributed by atoms with Gasteiger partial charge in [-0.3, -0.25) is 4.98 Å². The molecule has 0 aliphatic heterocycles. The fourth-order valence-electron chi connectivity index (χ4n) is 2.92. The lowest BCUT2D eigenvalue weighted by Gasteiger charge is -2.10. The van der Waals surface area contributed by atoms with Crippen molar-refractivity contribution in [3.8, 4) is 0 Å². The van der Waals surface area contributed by atoms with E-state index in [9.17, 15) is 4.79 Å². The van der Waals surface area contributed by atoms with Gasteiger partial charge in [-0.1, -0.05) is 0 Å². The highest BCUT2D eigenvalue weighted by Crippen LogP contribution is 2.40. The van der Waals surface area contributed by atoms with Crippen LogP contribution in [0.5, 0.6) is 0 Å². The predicted molar refractivity (Wildman–Crippen MR) is 98.9 cm³/mol. The molecule has 3 heterocycles. The van der Waals surface area contributed by atoms with Crippen molar-refractivity contribution < 1.29 is 9.53 Å². The zero-order valence-corrected chi connectivity index (χ0v) is 15.9. The van der Waals surface area contributed by atoms with Crippen molar-refractivity contribution in [3.63, 3.8) is 0 Å². The summed E-state index contributed by atoms with van der Waals surface area (Å²) < 4.78 is 7.24. The molecule has 0 atom stereocenters. The maximum atomic E-state index is 11.9. The number of carbonyl (C=O) groups excluding carboxylic acids is 1. The summed E-state index contributed by atoms with van der Waals surface area (Å²) in [4.78, 5) is 25.2. The second-order valence-electron chi connectivity index (χ2n) is 6.19. The SMILES string of the molecule is COC(=O)c1ccc(CNc2ncnc3c2c(Br)nn3C)nc1C1CC1. The molecule has 1 N–H and O–H groups in total. The molecule has 26 heavy (non-hydrogen) atoms. The molecular weight excluding hydrogens is 400 g/mol. The van der Waals surface area contributed by atoms with Crippen LogP contribution >= 0.6 is 15.9 Å². The number of aryl methyl sites for hydroxylation is 1. The second kappa shape index (κ2) is 6.64. The van der Waals surface area contributed by atoms with Crippen molar-refractivity contribution in [1.29, 1.82) is 0 Å². The van der Waals surface area contributed by atoms with E-state index in [-0.39, 0.29) is 5.97 Å². The van der Waals surface area contributed by atoms with Crippen LogP contribution < -0.4 is 5.32 Å². The van der Waals surface area contributed by atoms with Crippen LogP contribution in [-0.4, -0.2) is 37.8 Å². The third-order valence-corrected chi connectivity index (χ3v) is 4.92. The van der Waals surface area contributed by atoms with Crippen LogP contribution in [0.2, 0.25) is 0 Å². The molecule has 0 aromatic carbocycles. The van der Waals surface area contributed by atoms with Crippen LogP contribution in [0.1, 0.15) is 40.5 Å². The molecule has 1 aliphatic carbocycles. The van der Waals surface area contributed by atoms with E-state index in [1.165, 1.54) is 13.4 Å². The molecule has 0 amide bonds. The lowest BCUT2D eigenvalue weighted by molar-refractivity contribution is 0.0598. The molecule has 0 unspecified atom stereocenters. The molecule has 1 aliphatic rings. The predicted octanol–water partition coefficient (Wildman–Crippen LogP) is 2.80. The van der Waals surface area contributed by atoms with Crippen LogP contribution in [0.3, 0.4) is 0 Å². The van der Waals surface area contributed by atoms with Crippen molar-refractivity contribution >= 4 is 38.8 Å². The number of anilines is 1. The number of aromatic nitrogens is 5. The van der Waals surface area contributed by atoms with Gasteiger partial charge in [0.05, 0.1) is 36.0 Å². The molecule has 0 radical (unpaired) electrons. The Hall–Kier alpha value is -2.55. The fourth-order valence-corrected chi connectivity index (χ4v) is 3.52. The van der Waals surface area contributed by atoms with Gasteiger partial charge in [-0.05, 0) is 40.9 Å².